The Labute approximate surface area is 106 Å². The normalized spacial score (nSPS) is 10.0. The molecule has 0 saturated heterocycles. The van der Waals surface area contributed by atoms with Crippen molar-refractivity contribution in [3.8, 4) is 0 Å². The number of hydrogen-bond acceptors (Lipinski definition) is 4. The molecule has 0 unspecified atom stereocenters. The maximum Gasteiger partial charge on any atom is 0.341 e. The van der Waals surface area contributed by atoms with Gasteiger partial charge in [-0.2, -0.15) is 0 Å². The Morgan fingerprint density at radius 2 is 2.06 bits per heavy atom. The second kappa shape index (κ2) is 5.45. The molecule has 1 heterocycles. The highest BCUT2D eigenvalue weighted by Gasteiger charge is 2.21. The van der Waals surface area contributed by atoms with Crippen LogP contribution in [0.15, 0.2) is 0 Å². The summed E-state index contributed by atoms with van der Waals surface area (Å²) in [6, 6.07) is 0. The summed E-state index contributed by atoms with van der Waals surface area (Å²) in [6.07, 6.45) is 0. The predicted octanol–water partition coefficient (Wildman–Crippen LogP) is 2.48. The van der Waals surface area contributed by atoms with E-state index in [1.54, 1.807) is 0 Å². The minimum absolute atomic E-state index is 0.189. The van der Waals surface area contributed by atoms with Crippen molar-refractivity contribution < 1.29 is 14.3 Å². The summed E-state index contributed by atoms with van der Waals surface area (Å²) in [5, 5.41) is 3.41. The first-order valence-corrected chi connectivity index (χ1v) is 6.49. The molecule has 0 radical (unpaired) electrons. The van der Waals surface area contributed by atoms with Crippen LogP contribution in [0.2, 0.25) is 0 Å². The fourth-order valence-corrected chi connectivity index (χ4v) is 2.43. The third-order valence-electron chi connectivity index (χ3n) is 2.15. The Bertz CT molecular complexity index is 428. The number of rotatable bonds is 3. The topological polar surface area (TPSA) is 55.4 Å². The van der Waals surface area contributed by atoms with Gasteiger partial charge < -0.3 is 10.1 Å². The molecule has 0 spiro atoms. The van der Waals surface area contributed by atoms with Gasteiger partial charge in [-0.3, -0.25) is 4.79 Å². The van der Waals surface area contributed by atoms with E-state index in [1.807, 2.05) is 13.8 Å². The van der Waals surface area contributed by atoms with Crippen LogP contribution in [0.4, 0.5) is 5.00 Å². The van der Waals surface area contributed by atoms with Gasteiger partial charge in [0.25, 0.3) is 0 Å². The van der Waals surface area contributed by atoms with E-state index in [1.165, 1.54) is 18.4 Å². The third-order valence-corrected chi connectivity index (χ3v) is 3.78. The van der Waals surface area contributed by atoms with E-state index < -0.39 is 5.97 Å². The van der Waals surface area contributed by atoms with E-state index in [0.717, 1.165) is 10.4 Å². The predicted molar refractivity (Wildman–Crippen MR) is 67.6 cm³/mol. The zero-order valence-electron chi connectivity index (χ0n) is 9.22. The van der Waals surface area contributed by atoms with Gasteiger partial charge in [0.1, 0.15) is 5.00 Å². The number of carbonyl (C=O) groups is 2. The monoisotopic (exact) mass is 305 g/mol. The fraction of sp³-hybridized carbons (Fsp3) is 0.400. The van der Waals surface area contributed by atoms with Crippen LogP contribution < -0.4 is 5.32 Å². The summed E-state index contributed by atoms with van der Waals surface area (Å²) in [6.45, 7) is 3.73. The molecule has 0 aliphatic carbocycles. The Kier molecular flexibility index (Phi) is 4.49. The Morgan fingerprint density at radius 1 is 1.44 bits per heavy atom. The molecule has 1 N–H and O–H groups in total. The van der Waals surface area contributed by atoms with E-state index >= 15 is 0 Å². The number of aryl methyl sites for hydroxylation is 1. The molecule has 0 aromatic carbocycles. The van der Waals surface area contributed by atoms with Crippen LogP contribution in [-0.4, -0.2) is 24.3 Å². The van der Waals surface area contributed by atoms with Crippen LogP contribution in [0.1, 0.15) is 20.8 Å². The number of ether oxygens (including phenoxy) is 1. The van der Waals surface area contributed by atoms with Crippen molar-refractivity contribution in [1.82, 2.24) is 0 Å². The lowest BCUT2D eigenvalue weighted by Gasteiger charge is -2.04. The number of carbonyl (C=O) groups excluding carboxylic acids is 2. The van der Waals surface area contributed by atoms with Crippen LogP contribution in [0, 0.1) is 13.8 Å². The van der Waals surface area contributed by atoms with Crippen LogP contribution in [0.25, 0.3) is 0 Å². The Hall–Kier alpha value is -0.880. The number of alkyl halides is 1. The van der Waals surface area contributed by atoms with Crippen molar-refractivity contribution in [2.75, 3.05) is 17.8 Å². The molecule has 1 rings (SSSR count). The minimum Gasteiger partial charge on any atom is -0.465 e. The number of esters is 1. The van der Waals surface area contributed by atoms with Crippen LogP contribution >= 0.6 is 27.3 Å². The van der Waals surface area contributed by atoms with Crippen molar-refractivity contribution in [3.05, 3.63) is 16.0 Å². The van der Waals surface area contributed by atoms with Gasteiger partial charge in [0, 0.05) is 4.88 Å². The van der Waals surface area contributed by atoms with Gasteiger partial charge >= 0.3 is 5.97 Å². The molecule has 6 heteroatoms. The number of anilines is 1. The van der Waals surface area contributed by atoms with Crippen LogP contribution in [0.3, 0.4) is 0 Å². The molecule has 0 bridgehead atoms. The lowest BCUT2D eigenvalue weighted by Crippen LogP contribution is -2.14. The SMILES string of the molecule is COC(=O)c1c(NC(=O)CBr)sc(C)c1C. The highest BCUT2D eigenvalue weighted by molar-refractivity contribution is 9.09. The van der Waals surface area contributed by atoms with Crippen molar-refractivity contribution in [1.29, 1.82) is 0 Å². The molecule has 16 heavy (non-hydrogen) atoms. The van der Waals surface area contributed by atoms with Crippen molar-refractivity contribution in [3.63, 3.8) is 0 Å². The molecule has 0 atom stereocenters. The molecule has 88 valence electrons. The molecule has 0 fully saturated rings. The highest BCUT2D eigenvalue weighted by Crippen LogP contribution is 2.32. The number of methoxy groups -OCH3 is 1. The van der Waals surface area contributed by atoms with E-state index in [0.29, 0.717) is 10.6 Å². The number of amides is 1. The molecule has 4 nitrogen and oxygen atoms in total. The van der Waals surface area contributed by atoms with Crippen molar-refractivity contribution in [2.45, 2.75) is 13.8 Å². The lowest BCUT2D eigenvalue weighted by atomic mass is 10.1. The summed E-state index contributed by atoms with van der Waals surface area (Å²) in [4.78, 5) is 23.8. The van der Waals surface area contributed by atoms with Gasteiger partial charge in [0.15, 0.2) is 0 Å². The quantitative estimate of drug-likeness (QED) is 0.689. The molecule has 1 amide bonds. The van der Waals surface area contributed by atoms with Crippen molar-refractivity contribution in [2.24, 2.45) is 0 Å². The molecule has 0 aliphatic rings. The van der Waals surface area contributed by atoms with Gasteiger partial charge in [-0.15, -0.1) is 11.3 Å². The first-order valence-electron chi connectivity index (χ1n) is 4.55. The number of thiophene rings is 1. The summed E-state index contributed by atoms with van der Waals surface area (Å²) in [7, 11) is 1.32. The average molecular weight is 306 g/mol. The molecule has 0 aliphatic heterocycles. The lowest BCUT2D eigenvalue weighted by molar-refractivity contribution is -0.113. The Balaban J connectivity index is 3.13. The summed E-state index contributed by atoms with van der Waals surface area (Å²) in [5.41, 5.74) is 1.29. The van der Waals surface area contributed by atoms with Gasteiger partial charge in [0.2, 0.25) is 5.91 Å². The van der Waals surface area contributed by atoms with E-state index in [-0.39, 0.29) is 11.2 Å². The van der Waals surface area contributed by atoms with Crippen LogP contribution in [0.5, 0.6) is 0 Å². The van der Waals surface area contributed by atoms with E-state index in [2.05, 4.69) is 21.2 Å². The second-order valence-corrected chi connectivity index (χ2v) is 4.95. The van der Waals surface area contributed by atoms with Gasteiger partial charge in [-0.05, 0) is 19.4 Å². The summed E-state index contributed by atoms with van der Waals surface area (Å²) >= 11 is 4.43. The van der Waals surface area contributed by atoms with Gasteiger partial charge in [0.05, 0.1) is 18.0 Å². The molecule has 1 aromatic heterocycles. The summed E-state index contributed by atoms with van der Waals surface area (Å²) in [5.74, 6) is -0.613. The highest BCUT2D eigenvalue weighted by atomic mass is 79.9. The van der Waals surface area contributed by atoms with E-state index in [9.17, 15) is 9.59 Å². The largest absolute Gasteiger partial charge is 0.465 e. The smallest absolute Gasteiger partial charge is 0.341 e. The minimum atomic E-state index is -0.424. The standard InChI is InChI=1S/C10H12BrNO3S/c1-5-6(2)16-9(12-7(13)4-11)8(5)10(14)15-3/h4H2,1-3H3,(H,12,13). The molecule has 1 aromatic rings. The van der Waals surface area contributed by atoms with E-state index in [4.69, 9.17) is 4.74 Å². The molecule has 0 saturated carbocycles. The maximum atomic E-state index is 11.6. The fourth-order valence-electron chi connectivity index (χ4n) is 1.22. The number of nitrogens with one attached hydrogen (secondary N) is 1. The second-order valence-electron chi connectivity index (χ2n) is 3.16. The number of hydrogen-bond donors (Lipinski definition) is 1. The maximum absolute atomic E-state index is 11.6. The first-order chi connectivity index (χ1) is 7.51. The Morgan fingerprint density at radius 3 is 2.56 bits per heavy atom. The zero-order chi connectivity index (χ0) is 12.3. The van der Waals surface area contributed by atoms with Crippen LogP contribution in [-0.2, 0) is 9.53 Å². The third kappa shape index (κ3) is 2.62. The number of halogens is 1. The van der Waals surface area contributed by atoms with Crippen molar-refractivity contribution >= 4 is 44.1 Å². The molecular formula is C10H12BrNO3S. The van der Waals surface area contributed by atoms with Gasteiger partial charge in [-0.25, -0.2) is 4.79 Å². The first kappa shape index (κ1) is 13.2. The zero-order valence-corrected chi connectivity index (χ0v) is 11.6. The van der Waals surface area contributed by atoms with Gasteiger partial charge in [-0.1, -0.05) is 15.9 Å². The summed E-state index contributed by atoms with van der Waals surface area (Å²) < 4.78 is 4.69. The average Bonchev–Trinajstić information content (AvgIpc) is 2.53. The molecular weight excluding hydrogens is 294 g/mol.